The molecule has 0 bridgehead atoms. The van der Waals surface area contributed by atoms with Gasteiger partial charge in [0, 0.05) is 30.0 Å². The molecule has 0 amide bonds. The first-order valence-electron chi connectivity index (χ1n) is 12.6. The number of nitrogens with zero attached hydrogens (tertiary/aromatic N) is 4. The van der Waals surface area contributed by atoms with E-state index in [-0.39, 0.29) is 12.1 Å². The average molecular weight is 518 g/mol. The van der Waals surface area contributed by atoms with Gasteiger partial charge in [0.05, 0.1) is 24.0 Å². The molecule has 5 aromatic rings. The van der Waals surface area contributed by atoms with Crippen molar-refractivity contribution in [1.82, 2.24) is 19.9 Å². The lowest BCUT2D eigenvalue weighted by atomic mass is 10.0. The zero-order chi connectivity index (χ0) is 25.9. The Hall–Kier alpha value is -4.49. The molecule has 1 fully saturated rings. The van der Waals surface area contributed by atoms with Gasteiger partial charge >= 0.3 is 0 Å². The Morgan fingerprint density at radius 2 is 1.61 bits per heavy atom. The number of aromatic nitrogens is 3. The maximum Gasteiger partial charge on any atom is 0.174 e. The number of rotatable bonds is 7. The maximum absolute atomic E-state index is 6.14. The van der Waals surface area contributed by atoms with Gasteiger partial charge in [0.15, 0.2) is 5.11 Å². The molecule has 3 aromatic heterocycles. The van der Waals surface area contributed by atoms with Crippen molar-refractivity contribution in [3.05, 3.63) is 138 Å². The molecular formula is C31H27N5OS. The normalized spacial score (nSPS) is 16.9. The third-order valence-corrected chi connectivity index (χ3v) is 7.08. The minimum atomic E-state index is -0.121. The predicted molar refractivity (Wildman–Crippen MR) is 153 cm³/mol. The van der Waals surface area contributed by atoms with Crippen molar-refractivity contribution in [3.63, 3.8) is 0 Å². The molecule has 4 heterocycles. The van der Waals surface area contributed by atoms with Gasteiger partial charge < -0.3 is 19.5 Å². The Bertz CT molecular complexity index is 1540. The van der Waals surface area contributed by atoms with E-state index in [1.807, 2.05) is 92.1 Å². The molecule has 1 saturated heterocycles. The van der Waals surface area contributed by atoms with Gasteiger partial charge in [0.2, 0.25) is 0 Å². The van der Waals surface area contributed by atoms with Gasteiger partial charge in [-0.3, -0.25) is 9.97 Å². The third-order valence-electron chi connectivity index (χ3n) is 6.76. The minimum Gasteiger partial charge on any atom is -0.457 e. The number of benzene rings is 2. The summed E-state index contributed by atoms with van der Waals surface area (Å²) in [6.07, 6.45) is 5.75. The van der Waals surface area contributed by atoms with Gasteiger partial charge in [0.25, 0.3) is 0 Å². The Morgan fingerprint density at radius 3 is 2.34 bits per heavy atom. The lowest BCUT2D eigenvalue weighted by Gasteiger charge is -2.29. The summed E-state index contributed by atoms with van der Waals surface area (Å²) in [7, 11) is 0. The van der Waals surface area contributed by atoms with Gasteiger partial charge in [-0.1, -0.05) is 30.3 Å². The summed E-state index contributed by atoms with van der Waals surface area (Å²) < 4.78 is 8.38. The highest BCUT2D eigenvalue weighted by Gasteiger charge is 2.42. The molecule has 38 heavy (non-hydrogen) atoms. The Labute approximate surface area is 227 Å². The number of pyridine rings is 2. The van der Waals surface area contributed by atoms with Gasteiger partial charge in [-0.2, -0.15) is 0 Å². The van der Waals surface area contributed by atoms with Crippen LogP contribution < -0.4 is 15.0 Å². The second-order valence-electron chi connectivity index (χ2n) is 9.24. The van der Waals surface area contributed by atoms with E-state index in [4.69, 9.17) is 17.0 Å². The van der Waals surface area contributed by atoms with E-state index in [1.165, 1.54) is 0 Å². The fourth-order valence-corrected chi connectivity index (χ4v) is 5.26. The monoisotopic (exact) mass is 517 g/mol. The number of aryl methyl sites for hydroxylation is 1. The molecule has 7 heteroatoms. The van der Waals surface area contributed by atoms with E-state index in [0.717, 1.165) is 39.8 Å². The van der Waals surface area contributed by atoms with Gasteiger partial charge in [-0.05, 0) is 91.4 Å². The van der Waals surface area contributed by atoms with E-state index in [2.05, 4.69) is 55.2 Å². The number of nitrogens with one attached hydrogen (secondary N) is 1. The molecule has 188 valence electrons. The van der Waals surface area contributed by atoms with E-state index in [9.17, 15) is 0 Å². The minimum absolute atomic E-state index is 0.112. The zero-order valence-electron chi connectivity index (χ0n) is 20.9. The summed E-state index contributed by atoms with van der Waals surface area (Å²) in [5.41, 5.74) is 5.13. The van der Waals surface area contributed by atoms with Crippen LogP contribution in [0.25, 0.3) is 0 Å². The van der Waals surface area contributed by atoms with Crippen LogP contribution in [0.4, 0.5) is 5.69 Å². The predicted octanol–water partition coefficient (Wildman–Crippen LogP) is 6.60. The highest BCUT2D eigenvalue weighted by Crippen LogP contribution is 2.42. The van der Waals surface area contributed by atoms with Crippen molar-refractivity contribution in [2.24, 2.45) is 0 Å². The third kappa shape index (κ3) is 4.76. The van der Waals surface area contributed by atoms with Crippen LogP contribution >= 0.6 is 12.2 Å². The number of para-hydroxylation sites is 1. The number of thiocarbonyl (C=S) groups is 1. The zero-order valence-corrected chi connectivity index (χ0v) is 21.8. The van der Waals surface area contributed by atoms with Crippen LogP contribution in [0.1, 0.15) is 34.7 Å². The first kappa shape index (κ1) is 23.9. The van der Waals surface area contributed by atoms with Crippen LogP contribution in [0.2, 0.25) is 0 Å². The molecule has 0 radical (unpaired) electrons. The van der Waals surface area contributed by atoms with Crippen LogP contribution in [-0.2, 0) is 6.54 Å². The lowest BCUT2D eigenvalue weighted by Crippen LogP contribution is -2.30. The molecule has 0 spiro atoms. The number of hydrogen-bond donors (Lipinski definition) is 1. The Balaban J connectivity index is 1.36. The Morgan fingerprint density at radius 1 is 0.842 bits per heavy atom. The van der Waals surface area contributed by atoms with Gasteiger partial charge in [0.1, 0.15) is 17.5 Å². The summed E-state index contributed by atoms with van der Waals surface area (Å²) in [6.45, 7) is 2.71. The topological polar surface area (TPSA) is 55.2 Å². The van der Waals surface area contributed by atoms with E-state index >= 15 is 0 Å². The lowest BCUT2D eigenvalue weighted by molar-refractivity contribution is 0.479. The molecule has 1 N–H and O–H groups in total. The molecule has 1 aliphatic heterocycles. The maximum atomic E-state index is 6.14. The van der Waals surface area contributed by atoms with E-state index < -0.39 is 0 Å². The number of anilines is 1. The first-order chi connectivity index (χ1) is 18.7. The van der Waals surface area contributed by atoms with Crippen molar-refractivity contribution < 1.29 is 4.74 Å². The highest BCUT2D eigenvalue weighted by molar-refractivity contribution is 7.80. The van der Waals surface area contributed by atoms with Crippen LogP contribution in [0.5, 0.6) is 11.5 Å². The summed E-state index contributed by atoms with van der Waals surface area (Å²) >= 11 is 5.91. The van der Waals surface area contributed by atoms with Crippen molar-refractivity contribution in [3.8, 4) is 11.5 Å². The number of hydrogen-bond acceptors (Lipinski definition) is 4. The molecule has 0 aliphatic carbocycles. The Kier molecular flexibility index (Phi) is 6.58. The largest absolute Gasteiger partial charge is 0.457 e. The molecule has 6 rings (SSSR count). The van der Waals surface area contributed by atoms with Crippen LogP contribution in [0.3, 0.4) is 0 Å². The fraction of sp³-hybridized carbons (Fsp3) is 0.129. The fourth-order valence-electron chi connectivity index (χ4n) is 4.91. The van der Waals surface area contributed by atoms with Crippen molar-refractivity contribution in [2.45, 2.75) is 25.6 Å². The molecular weight excluding hydrogens is 490 g/mol. The van der Waals surface area contributed by atoms with Crippen molar-refractivity contribution in [1.29, 1.82) is 0 Å². The van der Waals surface area contributed by atoms with E-state index in [1.54, 1.807) is 0 Å². The van der Waals surface area contributed by atoms with Crippen LogP contribution in [0.15, 0.2) is 116 Å². The molecule has 1 aliphatic rings. The average Bonchev–Trinajstić information content (AvgIpc) is 3.55. The molecule has 0 saturated carbocycles. The highest BCUT2D eigenvalue weighted by atomic mass is 32.1. The van der Waals surface area contributed by atoms with Crippen molar-refractivity contribution >= 4 is 23.0 Å². The molecule has 2 aromatic carbocycles. The van der Waals surface area contributed by atoms with Gasteiger partial charge in [-0.15, -0.1) is 0 Å². The van der Waals surface area contributed by atoms with Gasteiger partial charge in [-0.25, -0.2) is 0 Å². The second-order valence-corrected chi connectivity index (χ2v) is 9.63. The summed E-state index contributed by atoms with van der Waals surface area (Å²) in [6, 6.07) is 32.1. The van der Waals surface area contributed by atoms with E-state index in [0.29, 0.717) is 11.7 Å². The smallest absolute Gasteiger partial charge is 0.174 e. The second kappa shape index (κ2) is 10.5. The summed E-state index contributed by atoms with van der Waals surface area (Å²) in [4.78, 5) is 11.4. The first-order valence-corrected chi connectivity index (χ1v) is 13.0. The molecule has 0 unspecified atom stereocenters. The van der Waals surface area contributed by atoms with Crippen LogP contribution in [-0.4, -0.2) is 19.6 Å². The molecule has 2 atom stereocenters. The van der Waals surface area contributed by atoms with Crippen molar-refractivity contribution in [2.75, 3.05) is 4.90 Å². The SMILES string of the molecule is Cc1ccccc1Oc1ccc(N2C(=S)N[C@H](c3ccccn3)[C@H]2c2cccn2Cc2ccccn2)cc1. The standard InChI is InChI=1S/C31H27N5OS/c1-22-9-2-3-13-28(22)37-25-16-14-24(15-17-25)36-30(29(34-31(36)38)26-11-5-7-19-33-26)27-12-8-20-35(27)21-23-10-4-6-18-32-23/h2-20,29-30H,21H2,1H3,(H,34,38)/t29-,30-/m1/s1. The quantitative estimate of drug-likeness (QED) is 0.245. The number of ether oxygens (including phenoxy) is 1. The summed E-state index contributed by atoms with van der Waals surface area (Å²) in [5, 5.41) is 4.20. The van der Waals surface area contributed by atoms with Crippen LogP contribution in [0, 0.1) is 6.92 Å². The molecule has 6 nitrogen and oxygen atoms in total. The summed E-state index contributed by atoms with van der Waals surface area (Å²) in [5.74, 6) is 1.62.